The highest BCUT2D eigenvalue weighted by Gasteiger charge is 2.20. The highest BCUT2D eigenvalue weighted by molar-refractivity contribution is 14.1. The Morgan fingerprint density at radius 1 is 1.40 bits per heavy atom. The maximum absolute atomic E-state index is 5.86. The van der Waals surface area contributed by atoms with Gasteiger partial charge in [-0.3, -0.25) is 0 Å². The predicted octanol–water partition coefficient (Wildman–Crippen LogP) is 2.93. The summed E-state index contributed by atoms with van der Waals surface area (Å²) in [5, 5.41) is 0.455. The first-order valence-corrected chi connectivity index (χ1v) is 7.22. The van der Waals surface area contributed by atoms with Crippen molar-refractivity contribution < 1.29 is 0 Å². The van der Waals surface area contributed by atoms with E-state index in [1.165, 1.54) is 25.0 Å². The molecule has 5 heteroatoms. The minimum Gasteiger partial charge on any atom is -0.383 e. The van der Waals surface area contributed by atoms with Gasteiger partial charge in [-0.15, -0.1) is 0 Å². The molecular formula is C10H14IN3S. The second-order valence-corrected chi connectivity index (χ2v) is 6.11. The summed E-state index contributed by atoms with van der Waals surface area (Å²) >= 11 is 4.16. The minimum atomic E-state index is 0.455. The molecule has 82 valence electrons. The summed E-state index contributed by atoms with van der Waals surface area (Å²) in [6.45, 7) is 2.00. The fraction of sp³-hybridized carbons (Fsp3) is 0.600. The van der Waals surface area contributed by atoms with E-state index in [1.54, 1.807) is 0 Å². The van der Waals surface area contributed by atoms with Gasteiger partial charge < -0.3 is 5.73 Å². The van der Waals surface area contributed by atoms with Crippen molar-refractivity contribution >= 4 is 40.2 Å². The van der Waals surface area contributed by atoms with Crippen LogP contribution in [0.15, 0.2) is 0 Å². The second-order valence-electron chi connectivity index (χ2n) is 3.72. The molecule has 0 saturated carbocycles. The molecule has 3 nitrogen and oxygen atoms in total. The van der Waals surface area contributed by atoms with Crippen LogP contribution in [0.5, 0.6) is 0 Å². The van der Waals surface area contributed by atoms with Crippen molar-refractivity contribution in [1.82, 2.24) is 9.97 Å². The Kier molecular flexibility index (Phi) is 3.71. The van der Waals surface area contributed by atoms with Crippen molar-refractivity contribution in [2.45, 2.75) is 31.4 Å². The number of aryl methyl sites for hydroxylation is 1. The third kappa shape index (κ3) is 2.55. The lowest BCUT2D eigenvalue weighted by atomic mass is 10.2. The van der Waals surface area contributed by atoms with Gasteiger partial charge >= 0.3 is 0 Å². The van der Waals surface area contributed by atoms with Crippen molar-refractivity contribution in [1.29, 1.82) is 0 Å². The van der Waals surface area contributed by atoms with Crippen LogP contribution in [0.1, 0.15) is 36.0 Å². The molecule has 0 aromatic carbocycles. The quantitative estimate of drug-likeness (QED) is 0.802. The summed E-state index contributed by atoms with van der Waals surface area (Å²) in [6.07, 6.45) is 3.79. The fourth-order valence-electron chi connectivity index (χ4n) is 1.69. The summed E-state index contributed by atoms with van der Waals surface area (Å²) in [5.41, 5.74) is 6.86. The normalized spacial score (nSPS) is 21.6. The van der Waals surface area contributed by atoms with Gasteiger partial charge in [0.2, 0.25) is 0 Å². The van der Waals surface area contributed by atoms with Crippen LogP contribution in [0.3, 0.4) is 0 Å². The van der Waals surface area contributed by atoms with Gasteiger partial charge in [-0.05, 0) is 48.1 Å². The Balaban J connectivity index is 2.27. The maximum Gasteiger partial charge on any atom is 0.144 e. The van der Waals surface area contributed by atoms with E-state index < -0.39 is 0 Å². The standard InChI is InChI=1S/C10H14IN3S/c1-6-8(11)9(12)14-10(13-6)7-4-2-3-5-15-7/h7H,2-5H2,1H3,(H2,12,13,14). The Morgan fingerprint density at radius 3 is 2.80 bits per heavy atom. The Bertz CT molecular complexity index is 341. The first-order chi connectivity index (χ1) is 7.18. The third-order valence-corrected chi connectivity index (χ3v) is 5.23. The Labute approximate surface area is 108 Å². The number of halogens is 1. The lowest BCUT2D eigenvalue weighted by Crippen LogP contribution is -2.10. The zero-order valence-corrected chi connectivity index (χ0v) is 11.6. The number of rotatable bonds is 1. The van der Waals surface area contributed by atoms with E-state index in [4.69, 9.17) is 5.73 Å². The number of hydrogen-bond acceptors (Lipinski definition) is 4. The van der Waals surface area contributed by atoms with E-state index in [9.17, 15) is 0 Å². The molecule has 2 rings (SSSR count). The second kappa shape index (κ2) is 4.86. The van der Waals surface area contributed by atoms with Gasteiger partial charge in [0.05, 0.1) is 14.5 Å². The molecule has 2 heterocycles. The first kappa shape index (κ1) is 11.4. The number of hydrogen-bond donors (Lipinski definition) is 1. The van der Waals surface area contributed by atoms with Crippen molar-refractivity contribution in [2.75, 3.05) is 11.5 Å². The summed E-state index contributed by atoms with van der Waals surface area (Å²) in [7, 11) is 0. The average molecular weight is 335 g/mol. The molecule has 1 saturated heterocycles. The highest BCUT2D eigenvalue weighted by atomic mass is 127. The van der Waals surface area contributed by atoms with Crippen LogP contribution in [0, 0.1) is 10.5 Å². The maximum atomic E-state index is 5.86. The van der Waals surface area contributed by atoms with E-state index >= 15 is 0 Å². The van der Waals surface area contributed by atoms with Crippen LogP contribution in [0.4, 0.5) is 5.82 Å². The van der Waals surface area contributed by atoms with Crippen molar-refractivity contribution in [3.63, 3.8) is 0 Å². The smallest absolute Gasteiger partial charge is 0.144 e. The minimum absolute atomic E-state index is 0.455. The molecule has 1 aromatic heterocycles. The molecule has 2 N–H and O–H groups in total. The summed E-state index contributed by atoms with van der Waals surface area (Å²) in [4.78, 5) is 8.93. The van der Waals surface area contributed by atoms with E-state index in [0.29, 0.717) is 11.1 Å². The number of thioether (sulfide) groups is 1. The van der Waals surface area contributed by atoms with E-state index in [0.717, 1.165) is 15.1 Å². The molecule has 1 aromatic rings. The molecule has 1 fully saturated rings. The van der Waals surface area contributed by atoms with Gasteiger partial charge in [0.25, 0.3) is 0 Å². The topological polar surface area (TPSA) is 51.8 Å². The predicted molar refractivity (Wildman–Crippen MR) is 72.9 cm³/mol. The number of anilines is 1. The monoisotopic (exact) mass is 335 g/mol. The molecule has 0 bridgehead atoms. The molecule has 15 heavy (non-hydrogen) atoms. The summed E-state index contributed by atoms with van der Waals surface area (Å²) < 4.78 is 0.983. The van der Waals surface area contributed by atoms with Crippen LogP contribution in [-0.2, 0) is 0 Å². The summed E-state index contributed by atoms with van der Waals surface area (Å²) in [5.74, 6) is 2.78. The molecule has 1 unspecified atom stereocenters. The molecule has 0 spiro atoms. The van der Waals surface area contributed by atoms with Gasteiger partial charge in [0, 0.05) is 0 Å². The molecule has 0 radical (unpaired) electrons. The summed E-state index contributed by atoms with van der Waals surface area (Å²) in [6, 6.07) is 0. The number of aromatic nitrogens is 2. The lowest BCUT2D eigenvalue weighted by molar-refractivity contribution is 0.660. The average Bonchev–Trinajstić information content (AvgIpc) is 2.26. The van der Waals surface area contributed by atoms with Crippen molar-refractivity contribution in [2.24, 2.45) is 0 Å². The van der Waals surface area contributed by atoms with Crippen molar-refractivity contribution in [3.05, 3.63) is 15.1 Å². The van der Waals surface area contributed by atoms with E-state index in [2.05, 4.69) is 32.6 Å². The molecule has 1 atom stereocenters. The van der Waals surface area contributed by atoms with Crippen LogP contribution in [0.2, 0.25) is 0 Å². The Morgan fingerprint density at radius 2 is 2.20 bits per heavy atom. The fourth-order valence-corrected chi connectivity index (χ4v) is 3.18. The van der Waals surface area contributed by atoms with Gasteiger partial charge in [0.1, 0.15) is 11.6 Å². The molecule has 0 amide bonds. The Hall–Kier alpha value is -0.0400. The number of nitrogen functional groups attached to an aromatic ring is 1. The lowest BCUT2D eigenvalue weighted by Gasteiger charge is -2.20. The number of nitrogens with zero attached hydrogens (tertiary/aromatic N) is 2. The van der Waals surface area contributed by atoms with Gasteiger partial charge in [0.15, 0.2) is 0 Å². The van der Waals surface area contributed by atoms with Crippen LogP contribution >= 0.6 is 34.4 Å². The van der Waals surface area contributed by atoms with Crippen molar-refractivity contribution in [3.8, 4) is 0 Å². The van der Waals surface area contributed by atoms with E-state index in [-0.39, 0.29) is 0 Å². The molecule has 1 aliphatic heterocycles. The SMILES string of the molecule is Cc1nc(C2CCCCS2)nc(N)c1I. The van der Waals surface area contributed by atoms with Crippen LogP contribution < -0.4 is 5.73 Å². The zero-order valence-electron chi connectivity index (χ0n) is 8.66. The first-order valence-electron chi connectivity index (χ1n) is 5.09. The third-order valence-electron chi connectivity index (χ3n) is 2.53. The zero-order chi connectivity index (χ0) is 10.8. The molecule has 1 aliphatic rings. The largest absolute Gasteiger partial charge is 0.383 e. The van der Waals surface area contributed by atoms with Gasteiger partial charge in [-0.25, -0.2) is 9.97 Å². The van der Waals surface area contributed by atoms with Gasteiger partial charge in [-0.1, -0.05) is 6.42 Å². The van der Waals surface area contributed by atoms with Gasteiger partial charge in [-0.2, -0.15) is 11.8 Å². The molecule has 0 aliphatic carbocycles. The van der Waals surface area contributed by atoms with E-state index in [1.807, 2.05) is 18.7 Å². The number of nitrogens with two attached hydrogens (primary N) is 1. The van der Waals surface area contributed by atoms with Crippen LogP contribution in [-0.4, -0.2) is 15.7 Å². The molecular weight excluding hydrogens is 321 g/mol. The van der Waals surface area contributed by atoms with Crippen LogP contribution in [0.25, 0.3) is 0 Å². The highest BCUT2D eigenvalue weighted by Crippen LogP contribution is 2.37.